The van der Waals surface area contributed by atoms with E-state index in [1.807, 2.05) is 0 Å². The fraction of sp³-hybridized carbons (Fsp3) is 0.278. The van der Waals surface area contributed by atoms with Gasteiger partial charge in [-0.2, -0.15) is 0 Å². The first-order chi connectivity index (χ1) is 12.9. The maximum atomic E-state index is 12.7. The average Bonchev–Trinajstić information content (AvgIpc) is 2.87. The molecular formula is C18H19ClN2O5S. The molecule has 0 radical (unpaired) electrons. The maximum Gasteiger partial charge on any atom is 0.257 e. The summed E-state index contributed by atoms with van der Waals surface area (Å²) in [6, 6.07) is 9.53. The van der Waals surface area contributed by atoms with Gasteiger partial charge in [0.25, 0.3) is 5.91 Å². The predicted octanol–water partition coefficient (Wildman–Crippen LogP) is 3.52. The Kier molecular flexibility index (Phi) is 5.76. The van der Waals surface area contributed by atoms with E-state index in [0.717, 1.165) is 6.42 Å². The van der Waals surface area contributed by atoms with Crippen molar-refractivity contribution in [3.63, 3.8) is 0 Å². The zero-order valence-electron chi connectivity index (χ0n) is 14.6. The molecule has 2 aromatic carbocycles. The van der Waals surface area contributed by atoms with Crippen molar-refractivity contribution in [3.8, 4) is 11.5 Å². The number of amides is 1. The second-order valence-electron chi connectivity index (χ2n) is 5.83. The Morgan fingerprint density at radius 2 is 1.78 bits per heavy atom. The molecule has 7 nitrogen and oxygen atoms in total. The van der Waals surface area contributed by atoms with Crippen molar-refractivity contribution in [1.82, 2.24) is 0 Å². The molecule has 0 aromatic heterocycles. The van der Waals surface area contributed by atoms with Gasteiger partial charge in [0.1, 0.15) is 0 Å². The van der Waals surface area contributed by atoms with Crippen LogP contribution in [0.5, 0.6) is 11.5 Å². The van der Waals surface area contributed by atoms with E-state index in [1.54, 1.807) is 24.3 Å². The van der Waals surface area contributed by atoms with Crippen molar-refractivity contribution >= 4 is 38.9 Å². The number of hydrogen-bond donors (Lipinski definition) is 2. The lowest BCUT2D eigenvalue weighted by molar-refractivity contribution is 0.102. The van der Waals surface area contributed by atoms with Crippen molar-refractivity contribution in [2.45, 2.75) is 13.3 Å². The van der Waals surface area contributed by atoms with E-state index in [1.165, 1.54) is 19.1 Å². The number of rotatable bonds is 5. The van der Waals surface area contributed by atoms with Crippen LogP contribution in [0.15, 0.2) is 36.4 Å². The molecule has 1 aliphatic heterocycles. The molecule has 0 unspecified atom stereocenters. The van der Waals surface area contributed by atoms with Gasteiger partial charge in [-0.15, -0.1) is 0 Å². The highest BCUT2D eigenvalue weighted by Gasteiger charge is 2.19. The van der Waals surface area contributed by atoms with E-state index in [0.29, 0.717) is 35.4 Å². The van der Waals surface area contributed by atoms with Crippen LogP contribution in [-0.2, 0) is 10.0 Å². The van der Waals surface area contributed by atoms with Crippen LogP contribution in [0, 0.1) is 0 Å². The van der Waals surface area contributed by atoms with Crippen molar-refractivity contribution in [2.75, 3.05) is 29.0 Å². The highest BCUT2D eigenvalue weighted by atomic mass is 35.5. The van der Waals surface area contributed by atoms with Crippen LogP contribution < -0.4 is 19.5 Å². The first-order valence-corrected chi connectivity index (χ1v) is 10.4. The molecule has 0 spiro atoms. The Balaban J connectivity index is 1.87. The molecule has 9 heteroatoms. The Morgan fingerprint density at radius 1 is 1.11 bits per heavy atom. The minimum atomic E-state index is -3.52. The quantitative estimate of drug-likeness (QED) is 0.786. The minimum absolute atomic E-state index is 0.100. The van der Waals surface area contributed by atoms with Crippen LogP contribution in [0.4, 0.5) is 11.4 Å². The summed E-state index contributed by atoms with van der Waals surface area (Å²) < 4.78 is 37.3. The summed E-state index contributed by atoms with van der Waals surface area (Å²) >= 11 is 6.25. The third kappa shape index (κ3) is 4.64. The van der Waals surface area contributed by atoms with Crippen molar-refractivity contribution in [1.29, 1.82) is 0 Å². The number of ether oxygens (including phenoxy) is 2. The van der Waals surface area contributed by atoms with Gasteiger partial charge in [0, 0.05) is 18.6 Å². The molecule has 1 aliphatic rings. The molecule has 2 aromatic rings. The number of sulfonamides is 1. The molecule has 1 amide bonds. The molecule has 2 N–H and O–H groups in total. The van der Waals surface area contributed by atoms with E-state index in [4.69, 9.17) is 21.1 Å². The van der Waals surface area contributed by atoms with Crippen LogP contribution in [-0.4, -0.2) is 33.3 Å². The van der Waals surface area contributed by atoms with Gasteiger partial charge >= 0.3 is 0 Å². The fourth-order valence-corrected chi connectivity index (χ4v) is 3.34. The second-order valence-corrected chi connectivity index (χ2v) is 8.25. The van der Waals surface area contributed by atoms with E-state index in [9.17, 15) is 13.2 Å². The Morgan fingerprint density at radius 3 is 2.48 bits per heavy atom. The zero-order chi connectivity index (χ0) is 19.4. The Hall–Kier alpha value is -2.45. The number of carbonyl (C=O) groups excluding carboxylic acids is 1. The first-order valence-electron chi connectivity index (χ1n) is 8.39. The lowest BCUT2D eigenvalue weighted by atomic mass is 10.1. The fourth-order valence-electron chi connectivity index (χ4n) is 2.48. The van der Waals surface area contributed by atoms with E-state index >= 15 is 0 Å². The molecule has 3 rings (SSSR count). The van der Waals surface area contributed by atoms with Crippen LogP contribution in [0.25, 0.3) is 0 Å². The number of nitrogens with one attached hydrogen (secondary N) is 2. The van der Waals surface area contributed by atoms with E-state index in [2.05, 4.69) is 10.0 Å². The van der Waals surface area contributed by atoms with Crippen molar-refractivity contribution in [3.05, 3.63) is 47.0 Å². The summed E-state index contributed by atoms with van der Waals surface area (Å²) in [7, 11) is -3.52. The molecule has 0 fully saturated rings. The van der Waals surface area contributed by atoms with E-state index < -0.39 is 15.9 Å². The number of hydrogen-bond acceptors (Lipinski definition) is 5. The monoisotopic (exact) mass is 410 g/mol. The Labute approximate surface area is 162 Å². The average molecular weight is 411 g/mol. The van der Waals surface area contributed by atoms with Crippen molar-refractivity contribution < 1.29 is 22.7 Å². The normalized spacial score (nSPS) is 13.6. The second kappa shape index (κ2) is 8.06. The van der Waals surface area contributed by atoms with Gasteiger partial charge < -0.3 is 14.8 Å². The zero-order valence-corrected chi connectivity index (χ0v) is 16.2. The number of anilines is 2. The molecule has 0 aliphatic carbocycles. The molecule has 27 heavy (non-hydrogen) atoms. The summed E-state index contributed by atoms with van der Waals surface area (Å²) in [5.74, 6) is 0.413. The van der Waals surface area contributed by atoms with Crippen LogP contribution in [0.1, 0.15) is 23.7 Å². The van der Waals surface area contributed by atoms with E-state index in [-0.39, 0.29) is 17.0 Å². The first kappa shape index (κ1) is 19.3. The number of halogens is 1. The van der Waals surface area contributed by atoms with Crippen molar-refractivity contribution in [2.24, 2.45) is 0 Å². The van der Waals surface area contributed by atoms with Gasteiger partial charge in [-0.3, -0.25) is 9.52 Å². The summed E-state index contributed by atoms with van der Waals surface area (Å²) in [6.07, 6.45) is 0.749. The third-order valence-corrected chi connectivity index (χ3v) is 5.51. The van der Waals surface area contributed by atoms with Gasteiger partial charge in [-0.05, 0) is 19.1 Å². The van der Waals surface area contributed by atoms with Gasteiger partial charge in [0.2, 0.25) is 10.0 Å². The number of para-hydroxylation sites is 1. The number of benzene rings is 2. The van der Waals surface area contributed by atoms with Crippen LogP contribution in [0.3, 0.4) is 0 Å². The van der Waals surface area contributed by atoms with Gasteiger partial charge in [0.05, 0.1) is 40.9 Å². The lowest BCUT2D eigenvalue weighted by Gasteiger charge is -2.14. The standard InChI is InChI=1S/C18H19ClN2O5S/c1-2-27(23,24)21-14-7-4-3-6-12(14)18(22)20-15-11-17-16(10-13(15)19)25-8-5-9-26-17/h3-4,6-7,10-11,21H,2,5,8-9H2,1H3,(H,20,22). The smallest absolute Gasteiger partial charge is 0.257 e. The van der Waals surface area contributed by atoms with Gasteiger partial charge in [0.15, 0.2) is 11.5 Å². The molecule has 0 saturated carbocycles. The third-order valence-electron chi connectivity index (χ3n) is 3.90. The summed E-state index contributed by atoms with van der Waals surface area (Å²) in [5, 5.41) is 2.99. The van der Waals surface area contributed by atoms with Gasteiger partial charge in [-0.1, -0.05) is 23.7 Å². The minimum Gasteiger partial charge on any atom is -0.490 e. The molecule has 0 bridgehead atoms. The van der Waals surface area contributed by atoms with Crippen LogP contribution >= 0.6 is 11.6 Å². The molecule has 1 heterocycles. The van der Waals surface area contributed by atoms with Crippen LogP contribution in [0.2, 0.25) is 5.02 Å². The molecule has 144 valence electrons. The summed E-state index contributed by atoms with van der Waals surface area (Å²) in [4.78, 5) is 12.7. The summed E-state index contributed by atoms with van der Waals surface area (Å²) in [6.45, 7) is 2.55. The highest BCUT2D eigenvalue weighted by molar-refractivity contribution is 7.92. The largest absolute Gasteiger partial charge is 0.490 e. The maximum absolute atomic E-state index is 12.7. The topological polar surface area (TPSA) is 93.7 Å². The molecule has 0 atom stereocenters. The Bertz CT molecular complexity index is 962. The summed E-state index contributed by atoms with van der Waals surface area (Å²) in [5.41, 5.74) is 0.721. The lowest BCUT2D eigenvalue weighted by Crippen LogP contribution is -2.19. The molecule has 0 saturated heterocycles. The number of fused-ring (bicyclic) bond motifs is 1. The van der Waals surface area contributed by atoms with Gasteiger partial charge in [-0.25, -0.2) is 8.42 Å². The highest BCUT2D eigenvalue weighted by Crippen LogP contribution is 2.38. The number of carbonyl (C=O) groups is 1. The molecular weight excluding hydrogens is 392 g/mol. The predicted molar refractivity (Wildman–Crippen MR) is 105 cm³/mol. The SMILES string of the molecule is CCS(=O)(=O)Nc1ccccc1C(=O)Nc1cc2c(cc1Cl)OCCCO2.